The first-order chi connectivity index (χ1) is 11.5. The summed E-state index contributed by atoms with van der Waals surface area (Å²) in [5.74, 6) is 0.763. The van der Waals surface area contributed by atoms with Crippen LogP contribution in [0.4, 0.5) is 0 Å². The van der Waals surface area contributed by atoms with Crippen molar-refractivity contribution in [1.29, 1.82) is 0 Å². The minimum Gasteiger partial charge on any atom is -0.392 e. The third kappa shape index (κ3) is 17.6. The molecule has 0 saturated heterocycles. The van der Waals surface area contributed by atoms with E-state index in [9.17, 15) is 10.2 Å². The van der Waals surface area contributed by atoms with Crippen LogP contribution in [0.1, 0.15) is 96.8 Å². The fraction of sp³-hybridized carbons (Fsp3) is 1.00. The molecule has 0 aromatic heterocycles. The van der Waals surface area contributed by atoms with Gasteiger partial charge in [-0.15, -0.1) is 24.2 Å². The van der Waals surface area contributed by atoms with Crippen LogP contribution in [0, 0.1) is 0 Å². The van der Waals surface area contributed by atoms with E-state index < -0.39 is 17.8 Å². The average Bonchev–Trinajstić information content (AvgIpc) is 2.58. The molecule has 0 aromatic rings. The molecule has 0 aromatic carbocycles. The highest BCUT2D eigenvalue weighted by Crippen LogP contribution is 2.19. The maximum Gasteiger partial charge on any atom is 0.172 e. The van der Waals surface area contributed by atoms with Crippen LogP contribution in [0.2, 0.25) is 0 Å². The number of nitrogens with two attached hydrogens (primary N) is 1. The number of halogens is 1. The molecule has 0 aliphatic heterocycles. The zero-order valence-corrected chi connectivity index (χ0v) is 17.8. The van der Waals surface area contributed by atoms with Gasteiger partial charge in [0.25, 0.3) is 0 Å². The molecule has 5 N–H and O–H groups in total. The van der Waals surface area contributed by atoms with Gasteiger partial charge in [-0.1, -0.05) is 90.4 Å². The van der Waals surface area contributed by atoms with Gasteiger partial charge in [-0.3, -0.25) is 5.73 Å². The van der Waals surface area contributed by atoms with Gasteiger partial charge in [0.15, 0.2) is 5.72 Å². The van der Waals surface area contributed by atoms with E-state index in [2.05, 4.69) is 6.92 Å². The molecule has 4 nitrogen and oxygen atoms in total. The average molecular weight is 400 g/mol. The normalized spacial score (nSPS) is 14.8. The summed E-state index contributed by atoms with van der Waals surface area (Å²) in [7, 11) is 0. The lowest BCUT2D eigenvalue weighted by Gasteiger charge is -2.25. The molecule has 0 rings (SSSR count). The van der Waals surface area contributed by atoms with Gasteiger partial charge >= 0.3 is 0 Å². The zero-order valence-electron chi connectivity index (χ0n) is 16.1. The van der Waals surface area contributed by atoms with E-state index in [0.717, 1.165) is 18.6 Å². The second kappa shape index (κ2) is 19.2. The van der Waals surface area contributed by atoms with E-state index >= 15 is 0 Å². The number of aliphatic hydroxyl groups is 3. The molecule has 0 bridgehead atoms. The Balaban J connectivity index is 0. The van der Waals surface area contributed by atoms with E-state index in [1.807, 2.05) is 0 Å². The SMILES string of the molecule is CCCCCCCCCCCCCCCCSC(O)C(N)(O)CO.Cl. The highest BCUT2D eigenvalue weighted by molar-refractivity contribution is 7.99. The molecule has 2 unspecified atom stereocenters. The number of hydrogen-bond donors (Lipinski definition) is 4. The summed E-state index contributed by atoms with van der Waals surface area (Å²) in [6.45, 7) is 1.64. The maximum atomic E-state index is 9.61. The second-order valence-electron chi connectivity index (χ2n) is 6.97. The van der Waals surface area contributed by atoms with Gasteiger partial charge in [-0.2, -0.15) is 0 Å². The Morgan fingerprint density at radius 2 is 1.16 bits per heavy atom. The summed E-state index contributed by atoms with van der Waals surface area (Å²) in [4.78, 5) is 0. The van der Waals surface area contributed by atoms with Crippen molar-refractivity contribution in [2.75, 3.05) is 12.4 Å². The number of unbranched alkanes of at least 4 members (excludes halogenated alkanes) is 13. The molecule has 154 valence electrons. The lowest BCUT2D eigenvalue weighted by atomic mass is 10.0. The molecule has 0 aliphatic carbocycles. The Hall–Kier alpha value is 0.480. The molecule has 0 saturated carbocycles. The fourth-order valence-corrected chi connectivity index (χ4v) is 3.67. The number of rotatable bonds is 18. The van der Waals surface area contributed by atoms with Gasteiger partial charge in [0.05, 0.1) is 6.61 Å². The maximum absolute atomic E-state index is 9.61. The van der Waals surface area contributed by atoms with Crippen LogP contribution in [-0.2, 0) is 0 Å². The van der Waals surface area contributed by atoms with E-state index in [4.69, 9.17) is 10.8 Å². The molecular formula is C19H42ClNO3S. The molecule has 25 heavy (non-hydrogen) atoms. The monoisotopic (exact) mass is 399 g/mol. The van der Waals surface area contributed by atoms with E-state index in [0.29, 0.717) is 0 Å². The van der Waals surface area contributed by atoms with Crippen LogP contribution < -0.4 is 5.73 Å². The highest BCUT2D eigenvalue weighted by Gasteiger charge is 2.30. The summed E-state index contributed by atoms with van der Waals surface area (Å²) in [5, 5.41) is 27.9. The van der Waals surface area contributed by atoms with Crippen molar-refractivity contribution in [3.05, 3.63) is 0 Å². The Morgan fingerprint density at radius 1 is 0.800 bits per heavy atom. The van der Waals surface area contributed by atoms with Crippen LogP contribution in [0.25, 0.3) is 0 Å². The molecule has 0 spiro atoms. The third-order valence-corrected chi connectivity index (χ3v) is 5.70. The molecule has 0 heterocycles. The predicted octanol–water partition coefficient (Wildman–Crippen LogP) is 4.58. The summed E-state index contributed by atoms with van der Waals surface area (Å²) < 4.78 is 0. The van der Waals surface area contributed by atoms with Gasteiger partial charge in [0.2, 0.25) is 0 Å². The molecular weight excluding hydrogens is 358 g/mol. The molecule has 0 amide bonds. The second-order valence-corrected chi connectivity index (χ2v) is 8.16. The Bertz CT molecular complexity index is 271. The quantitative estimate of drug-likeness (QED) is 0.200. The van der Waals surface area contributed by atoms with Gasteiger partial charge in [0, 0.05) is 0 Å². The van der Waals surface area contributed by atoms with Crippen molar-refractivity contribution < 1.29 is 15.3 Å². The standard InChI is InChI=1S/C19H41NO3S.ClH/c1-2-3-4-5-6-7-8-9-10-11-12-13-14-15-16-24-18(22)19(20,23)17-21;/h18,21-23H,2-17,20H2,1H3;1H. The Morgan fingerprint density at radius 3 is 1.52 bits per heavy atom. The Labute approximate surface area is 165 Å². The van der Waals surface area contributed by atoms with Crippen molar-refractivity contribution in [2.45, 2.75) is 108 Å². The lowest BCUT2D eigenvalue weighted by molar-refractivity contribution is -0.0647. The Kier molecular flexibility index (Phi) is 21.3. The van der Waals surface area contributed by atoms with Crippen molar-refractivity contribution in [1.82, 2.24) is 0 Å². The topological polar surface area (TPSA) is 86.7 Å². The van der Waals surface area contributed by atoms with Crippen molar-refractivity contribution in [3.63, 3.8) is 0 Å². The molecule has 0 fully saturated rings. The first-order valence-electron chi connectivity index (χ1n) is 9.96. The molecule has 2 atom stereocenters. The van der Waals surface area contributed by atoms with Crippen molar-refractivity contribution in [2.24, 2.45) is 5.73 Å². The minimum absolute atomic E-state index is 0. The van der Waals surface area contributed by atoms with Crippen LogP contribution in [0.5, 0.6) is 0 Å². The zero-order chi connectivity index (χ0) is 18.1. The number of aliphatic hydroxyl groups excluding tert-OH is 2. The van der Waals surface area contributed by atoms with Crippen LogP contribution >= 0.6 is 24.2 Å². The number of thioether (sulfide) groups is 1. The largest absolute Gasteiger partial charge is 0.392 e. The van der Waals surface area contributed by atoms with Crippen molar-refractivity contribution in [3.8, 4) is 0 Å². The van der Waals surface area contributed by atoms with Crippen LogP contribution in [-0.4, -0.2) is 38.8 Å². The summed E-state index contributed by atoms with van der Waals surface area (Å²) in [6, 6.07) is 0. The lowest BCUT2D eigenvalue weighted by Crippen LogP contribution is -2.52. The van der Waals surface area contributed by atoms with E-state index in [1.54, 1.807) is 0 Å². The molecule has 0 aliphatic rings. The first kappa shape index (κ1) is 27.7. The molecule has 0 radical (unpaired) electrons. The smallest absolute Gasteiger partial charge is 0.172 e. The predicted molar refractivity (Wildman–Crippen MR) is 112 cm³/mol. The van der Waals surface area contributed by atoms with Gasteiger partial charge < -0.3 is 15.3 Å². The van der Waals surface area contributed by atoms with Crippen LogP contribution in [0.15, 0.2) is 0 Å². The summed E-state index contributed by atoms with van der Waals surface area (Å²) in [5.41, 5.74) is 2.35. The fourth-order valence-electron chi connectivity index (χ4n) is 2.71. The summed E-state index contributed by atoms with van der Waals surface area (Å²) >= 11 is 1.21. The van der Waals surface area contributed by atoms with E-state index in [1.165, 1.54) is 88.8 Å². The van der Waals surface area contributed by atoms with Crippen molar-refractivity contribution >= 4 is 24.2 Å². The number of hydrogen-bond acceptors (Lipinski definition) is 5. The summed E-state index contributed by atoms with van der Waals surface area (Å²) in [6.07, 6.45) is 18.5. The minimum atomic E-state index is -1.89. The molecule has 6 heteroatoms. The van der Waals surface area contributed by atoms with Crippen LogP contribution in [0.3, 0.4) is 0 Å². The van der Waals surface area contributed by atoms with Gasteiger partial charge in [-0.25, -0.2) is 0 Å². The first-order valence-corrected chi connectivity index (χ1v) is 11.0. The van der Waals surface area contributed by atoms with Gasteiger partial charge in [-0.05, 0) is 12.2 Å². The third-order valence-electron chi connectivity index (χ3n) is 4.45. The highest BCUT2D eigenvalue weighted by atomic mass is 35.5. The van der Waals surface area contributed by atoms with Gasteiger partial charge in [0.1, 0.15) is 5.44 Å². The van der Waals surface area contributed by atoms with E-state index in [-0.39, 0.29) is 12.4 Å².